The van der Waals surface area contributed by atoms with E-state index in [4.69, 9.17) is 13.9 Å². The lowest BCUT2D eigenvalue weighted by Crippen LogP contribution is -2.44. The fourth-order valence-electron chi connectivity index (χ4n) is 3.76. The number of rotatable bonds is 5. The molecule has 1 aromatic carbocycles. The first kappa shape index (κ1) is 19.3. The van der Waals surface area contributed by atoms with Crippen molar-refractivity contribution < 1.29 is 23.5 Å². The molecule has 1 aromatic heterocycles. The summed E-state index contributed by atoms with van der Waals surface area (Å²) >= 11 is 0. The molecule has 3 heterocycles. The van der Waals surface area contributed by atoms with Gasteiger partial charge in [-0.1, -0.05) is 6.07 Å². The van der Waals surface area contributed by atoms with Crippen molar-refractivity contribution in [2.75, 3.05) is 26.3 Å². The number of ether oxygens (including phenoxy) is 2. The van der Waals surface area contributed by atoms with Crippen LogP contribution >= 0.6 is 0 Å². The van der Waals surface area contributed by atoms with Gasteiger partial charge < -0.3 is 19.2 Å². The Labute approximate surface area is 169 Å². The van der Waals surface area contributed by atoms with Crippen LogP contribution in [0.25, 0.3) is 0 Å². The van der Waals surface area contributed by atoms with Gasteiger partial charge >= 0.3 is 6.03 Å². The monoisotopic (exact) mass is 399 g/mol. The van der Waals surface area contributed by atoms with E-state index in [1.807, 2.05) is 18.2 Å². The van der Waals surface area contributed by atoms with E-state index >= 15 is 0 Å². The molecule has 0 saturated carbocycles. The van der Waals surface area contributed by atoms with Crippen molar-refractivity contribution in [3.05, 3.63) is 47.9 Å². The smallest absolute Gasteiger partial charge is 0.321 e. The third kappa shape index (κ3) is 4.89. The summed E-state index contributed by atoms with van der Waals surface area (Å²) < 4.78 is 16.6. The number of likely N-dealkylation sites (tertiary alicyclic amines) is 1. The van der Waals surface area contributed by atoms with Crippen molar-refractivity contribution in [3.63, 3.8) is 0 Å². The second-order valence-electron chi connectivity index (χ2n) is 7.20. The summed E-state index contributed by atoms with van der Waals surface area (Å²) in [6.07, 6.45) is 4.35. The largest absolute Gasteiger partial charge is 0.490 e. The topological polar surface area (TPSA) is 93.0 Å². The molecule has 2 N–H and O–H groups in total. The molecular formula is C21H25N3O5. The van der Waals surface area contributed by atoms with Crippen LogP contribution in [0.3, 0.4) is 0 Å². The van der Waals surface area contributed by atoms with Gasteiger partial charge in [0.1, 0.15) is 5.76 Å². The number of fused-ring (bicyclic) bond motifs is 1. The number of carbonyl (C=O) groups excluding carboxylic acids is 2. The van der Waals surface area contributed by atoms with Crippen LogP contribution in [0, 0.1) is 0 Å². The van der Waals surface area contributed by atoms with E-state index < -0.39 is 6.03 Å². The Morgan fingerprint density at radius 2 is 1.97 bits per heavy atom. The lowest BCUT2D eigenvalue weighted by atomic mass is 10.0. The van der Waals surface area contributed by atoms with Crippen molar-refractivity contribution >= 4 is 11.9 Å². The van der Waals surface area contributed by atoms with Crippen molar-refractivity contribution in [3.8, 4) is 11.5 Å². The normalized spacial score (nSPS) is 18.8. The van der Waals surface area contributed by atoms with Crippen LogP contribution in [-0.4, -0.2) is 43.1 Å². The molecule has 2 aromatic rings. The second-order valence-corrected chi connectivity index (χ2v) is 7.20. The average Bonchev–Trinajstić information content (AvgIpc) is 3.33. The minimum atomic E-state index is -0.530. The lowest BCUT2D eigenvalue weighted by molar-refractivity contribution is -0.121. The number of benzene rings is 1. The highest BCUT2D eigenvalue weighted by molar-refractivity contribution is 5.95. The molecule has 8 nitrogen and oxygen atoms in total. The van der Waals surface area contributed by atoms with Crippen molar-refractivity contribution in [1.82, 2.24) is 15.5 Å². The van der Waals surface area contributed by atoms with Gasteiger partial charge in [-0.25, -0.2) is 4.79 Å². The molecule has 8 heteroatoms. The Kier molecular flexibility index (Phi) is 6.00. The molecule has 1 saturated heterocycles. The number of urea groups is 1. The standard InChI is InChI=1S/C21H25N3O5/c25-20(23-21(26)22-13-16-4-2-9-27-16)14-24-8-1-5-17(24)15-6-7-18-19(12-15)29-11-3-10-28-18/h2,4,6-7,9,12,17H,1,3,5,8,10-11,13-14H2,(H2,22,23,25,26)/t17-/m1/s1. The zero-order valence-corrected chi connectivity index (χ0v) is 16.2. The summed E-state index contributed by atoms with van der Waals surface area (Å²) in [7, 11) is 0. The maximum absolute atomic E-state index is 12.3. The zero-order valence-electron chi connectivity index (χ0n) is 16.2. The van der Waals surface area contributed by atoms with Gasteiger partial charge in [0.2, 0.25) is 5.91 Å². The highest BCUT2D eigenvalue weighted by Crippen LogP contribution is 2.37. The first-order chi connectivity index (χ1) is 14.2. The molecule has 0 aliphatic carbocycles. The highest BCUT2D eigenvalue weighted by atomic mass is 16.5. The minimum Gasteiger partial charge on any atom is -0.490 e. The molecule has 2 aliphatic heterocycles. The average molecular weight is 399 g/mol. The van der Waals surface area contributed by atoms with E-state index in [1.54, 1.807) is 12.1 Å². The number of amides is 3. The van der Waals surface area contributed by atoms with Gasteiger partial charge in [-0.05, 0) is 49.2 Å². The molecule has 3 amide bonds. The quantitative estimate of drug-likeness (QED) is 0.803. The van der Waals surface area contributed by atoms with Crippen molar-refractivity contribution in [2.24, 2.45) is 0 Å². The van der Waals surface area contributed by atoms with E-state index in [0.717, 1.165) is 42.9 Å². The molecule has 1 fully saturated rings. The van der Waals surface area contributed by atoms with Crippen LogP contribution in [0.5, 0.6) is 11.5 Å². The van der Waals surface area contributed by atoms with Crippen LogP contribution in [0.4, 0.5) is 4.79 Å². The third-order valence-electron chi connectivity index (χ3n) is 5.12. The number of hydrogen-bond acceptors (Lipinski definition) is 6. The molecule has 154 valence electrons. The second kappa shape index (κ2) is 9.00. The van der Waals surface area contributed by atoms with Gasteiger partial charge in [-0.2, -0.15) is 0 Å². The number of nitrogens with one attached hydrogen (secondary N) is 2. The number of nitrogens with zero attached hydrogens (tertiary/aromatic N) is 1. The summed E-state index contributed by atoms with van der Waals surface area (Å²) in [5, 5.41) is 4.99. The molecule has 0 unspecified atom stereocenters. The Bertz CT molecular complexity index is 852. The maximum atomic E-state index is 12.3. The van der Waals surface area contributed by atoms with Crippen LogP contribution < -0.4 is 20.1 Å². The highest BCUT2D eigenvalue weighted by Gasteiger charge is 2.29. The summed E-state index contributed by atoms with van der Waals surface area (Å²) in [6, 6.07) is 9.07. The first-order valence-corrected chi connectivity index (χ1v) is 9.93. The molecule has 2 aliphatic rings. The number of imide groups is 1. The molecule has 4 rings (SSSR count). The molecule has 0 spiro atoms. The van der Waals surface area contributed by atoms with Gasteiger partial charge in [0.15, 0.2) is 11.5 Å². The molecule has 0 bridgehead atoms. The summed E-state index contributed by atoms with van der Waals surface area (Å²) in [5.74, 6) is 1.82. The van der Waals surface area contributed by atoms with Gasteiger partial charge in [0.05, 0.1) is 32.6 Å². The predicted octanol–water partition coefficient (Wildman–Crippen LogP) is 2.60. The molecule has 1 atom stereocenters. The molecule has 0 radical (unpaired) electrons. The fourth-order valence-corrected chi connectivity index (χ4v) is 3.76. The van der Waals surface area contributed by atoms with Gasteiger partial charge in [-0.3, -0.25) is 15.0 Å². The first-order valence-electron chi connectivity index (χ1n) is 9.93. The molecular weight excluding hydrogens is 374 g/mol. The summed E-state index contributed by atoms with van der Waals surface area (Å²) in [5.41, 5.74) is 1.10. The van der Waals surface area contributed by atoms with Crippen LogP contribution in [0.15, 0.2) is 41.0 Å². The minimum absolute atomic E-state index is 0.115. The van der Waals surface area contributed by atoms with Crippen LogP contribution in [0.1, 0.15) is 36.6 Å². The van der Waals surface area contributed by atoms with Crippen LogP contribution in [-0.2, 0) is 11.3 Å². The summed E-state index contributed by atoms with van der Waals surface area (Å²) in [6.45, 7) is 2.49. The molecule has 29 heavy (non-hydrogen) atoms. The number of furan rings is 1. The number of hydrogen-bond donors (Lipinski definition) is 2. The van der Waals surface area contributed by atoms with E-state index in [1.165, 1.54) is 6.26 Å². The predicted molar refractivity (Wildman–Crippen MR) is 105 cm³/mol. The maximum Gasteiger partial charge on any atom is 0.321 e. The Morgan fingerprint density at radius 1 is 1.10 bits per heavy atom. The Morgan fingerprint density at radius 3 is 2.79 bits per heavy atom. The fraction of sp³-hybridized carbons (Fsp3) is 0.429. The van der Waals surface area contributed by atoms with E-state index in [-0.39, 0.29) is 25.0 Å². The van der Waals surface area contributed by atoms with Crippen molar-refractivity contribution in [2.45, 2.75) is 31.8 Å². The van der Waals surface area contributed by atoms with E-state index in [2.05, 4.69) is 15.5 Å². The van der Waals surface area contributed by atoms with E-state index in [9.17, 15) is 9.59 Å². The Balaban J connectivity index is 1.33. The lowest BCUT2D eigenvalue weighted by Gasteiger charge is -2.24. The van der Waals surface area contributed by atoms with Gasteiger partial charge in [0, 0.05) is 12.5 Å². The van der Waals surface area contributed by atoms with Gasteiger partial charge in [-0.15, -0.1) is 0 Å². The van der Waals surface area contributed by atoms with Gasteiger partial charge in [0.25, 0.3) is 0 Å². The Hall–Kier alpha value is -3.00. The van der Waals surface area contributed by atoms with Crippen LogP contribution in [0.2, 0.25) is 0 Å². The SMILES string of the molecule is O=C(CN1CCC[C@@H]1c1ccc2c(c1)OCCCO2)NC(=O)NCc1ccco1. The van der Waals surface area contributed by atoms with Crippen molar-refractivity contribution in [1.29, 1.82) is 0 Å². The third-order valence-corrected chi connectivity index (χ3v) is 5.12. The zero-order chi connectivity index (χ0) is 20.1. The van der Waals surface area contributed by atoms with E-state index in [0.29, 0.717) is 19.0 Å². The summed E-state index contributed by atoms with van der Waals surface area (Å²) in [4.78, 5) is 26.4. The number of carbonyl (C=O) groups is 2.